The van der Waals surface area contributed by atoms with Gasteiger partial charge in [0.05, 0.1) is 0 Å². The van der Waals surface area contributed by atoms with E-state index >= 15 is 0 Å². The van der Waals surface area contributed by atoms with Crippen molar-refractivity contribution in [1.82, 2.24) is 0 Å². The first-order valence-corrected chi connectivity index (χ1v) is 6.37. The first kappa shape index (κ1) is 13.1. The molecule has 3 N–H and O–H groups in total. The summed E-state index contributed by atoms with van der Waals surface area (Å²) in [6.07, 6.45) is 2.04. The van der Waals surface area contributed by atoms with Gasteiger partial charge >= 0.3 is 0 Å². The van der Waals surface area contributed by atoms with Gasteiger partial charge in [-0.1, -0.05) is 12.1 Å². The molecule has 98 valence electrons. The number of carbonyl (C=O) groups is 1. The average molecular weight is 248 g/mol. The van der Waals surface area contributed by atoms with Crippen molar-refractivity contribution >= 4 is 11.6 Å². The third kappa shape index (κ3) is 3.31. The number of anilines is 1. The number of nitrogens with one attached hydrogen (secondary N) is 1. The van der Waals surface area contributed by atoms with E-state index in [9.17, 15) is 4.79 Å². The molecule has 1 atom stereocenters. The normalized spacial score (nSPS) is 18.3. The van der Waals surface area contributed by atoms with E-state index in [1.165, 1.54) is 6.92 Å². The minimum absolute atomic E-state index is 0.0558. The van der Waals surface area contributed by atoms with Crippen molar-refractivity contribution < 1.29 is 9.53 Å². The van der Waals surface area contributed by atoms with Gasteiger partial charge in [0, 0.05) is 31.9 Å². The fourth-order valence-corrected chi connectivity index (χ4v) is 2.34. The zero-order valence-corrected chi connectivity index (χ0v) is 10.7. The Morgan fingerprint density at radius 2 is 1.94 bits per heavy atom. The van der Waals surface area contributed by atoms with E-state index in [1.807, 2.05) is 24.3 Å². The monoisotopic (exact) mass is 248 g/mol. The van der Waals surface area contributed by atoms with E-state index in [1.54, 1.807) is 0 Å². The Labute approximate surface area is 108 Å². The summed E-state index contributed by atoms with van der Waals surface area (Å²) in [5.41, 5.74) is 8.21. The maximum atomic E-state index is 10.9. The number of rotatable bonds is 3. The summed E-state index contributed by atoms with van der Waals surface area (Å²) in [5, 5.41) is 2.75. The first-order valence-electron chi connectivity index (χ1n) is 6.37. The molecule has 1 aliphatic heterocycles. The van der Waals surface area contributed by atoms with Crippen molar-refractivity contribution in [1.29, 1.82) is 0 Å². The van der Waals surface area contributed by atoms with E-state index in [4.69, 9.17) is 10.5 Å². The van der Waals surface area contributed by atoms with Crippen LogP contribution in [0.3, 0.4) is 0 Å². The van der Waals surface area contributed by atoms with Gasteiger partial charge in [-0.15, -0.1) is 0 Å². The van der Waals surface area contributed by atoms with Crippen LogP contribution in [0.15, 0.2) is 24.3 Å². The number of nitrogens with two attached hydrogens (primary N) is 1. The van der Waals surface area contributed by atoms with Crippen molar-refractivity contribution in [2.24, 2.45) is 11.7 Å². The predicted molar refractivity (Wildman–Crippen MR) is 71.2 cm³/mol. The summed E-state index contributed by atoms with van der Waals surface area (Å²) in [6.45, 7) is 3.12. The molecule has 4 nitrogen and oxygen atoms in total. The molecule has 2 rings (SSSR count). The van der Waals surface area contributed by atoms with Crippen LogP contribution in [-0.2, 0) is 9.53 Å². The Morgan fingerprint density at radius 3 is 2.50 bits per heavy atom. The van der Waals surface area contributed by atoms with Gasteiger partial charge in [0.15, 0.2) is 0 Å². The lowest BCUT2D eigenvalue weighted by Crippen LogP contribution is -2.27. The molecule has 0 radical (unpaired) electrons. The molecule has 1 aliphatic rings. The second-order valence-corrected chi connectivity index (χ2v) is 4.78. The molecule has 0 aliphatic carbocycles. The topological polar surface area (TPSA) is 64.4 Å². The van der Waals surface area contributed by atoms with Crippen molar-refractivity contribution in [3.8, 4) is 0 Å². The lowest BCUT2D eigenvalue weighted by Gasteiger charge is -2.28. The van der Waals surface area contributed by atoms with E-state index in [0.717, 1.165) is 37.3 Å². The van der Waals surface area contributed by atoms with E-state index in [0.29, 0.717) is 5.92 Å². The smallest absolute Gasteiger partial charge is 0.221 e. The van der Waals surface area contributed by atoms with Crippen LogP contribution in [0, 0.1) is 5.92 Å². The van der Waals surface area contributed by atoms with Gasteiger partial charge in [-0.2, -0.15) is 0 Å². The molecule has 0 aromatic heterocycles. The van der Waals surface area contributed by atoms with Crippen LogP contribution in [0.1, 0.15) is 31.4 Å². The van der Waals surface area contributed by atoms with Gasteiger partial charge in [-0.25, -0.2) is 0 Å². The minimum Gasteiger partial charge on any atom is -0.381 e. The highest BCUT2D eigenvalue weighted by Crippen LogP contribution is 2.28. The molecule has 0 unspecified atom stereocenters. The molecular formula is C14H20N2O2. The molecule has 4 heteroatoms. The fraction of sp³-hybridized carbons (Fsp3) is 0.500. The van der Waals surface area contributed by atoms with Crippen LogP contribution in [0.4, 0.5) is 5.69 Å². The Kier molecular flexibility index (Phi) is 4.33. The third-order valence-corrected chi connectivity index (χ3v) is 3.39. The third-order valence-electron chi connectivity index (χ3n) is 3.39. The maximum absolute atomic E-state index is 10.9. The Balaban J connectivity index is 2.01. The highest BCUT2D eigenvalue weighted by atomic mass is 16.5. The minimum atomic E-state index is -0.0588. The SMILES string of the molecule is CC(=O)Nc1ccc([C@@H](N)C2CCOCC2)cc1. The summed E-state index contributed by atoms with van der Waals surface area (Å²) < 4.78 is 5.35. The van der Waals surface area contributed by atoms with Crippen LogP contribution < -0.4 is 11.1 Å². The van der Waals surface area contributed by atoms with Crippen LogP contribution in [0.25, 0.3) is 0 Å². The molecular weight excluding hydrogens is 228 g/mol. The highest BCUT2D eigenvalue weighted by Gasteiger charge is 2.22. The van der Waals surface area contributed by atoms with Crippen LogP contribution >= 0.6 is 0 Å². The molecule has 1 heterocycles. The summed E-state index contributed by atoms with van der Waals surface area (Å²) >= 11 is 0. The van der Waals surface area contributed by atoms with Gasteiger partial charge in [0.2, 0.25) is 5.91 Å². The van der Waals surface area contributed by atoms with Crippen LogP contribution in [-0.4, -0.2) is 19.1 Å². The van der Waals surface area contributed by atoms with Crippen LogP contribution in [0.2, 0.25) is 0 Å². The van der Waals surface area contributed by atoms with E-state index < -0.39 is 0 Å². The number of hydrogen-bond donors (Lipinski definition) is 2. The van der Waals surface area contributed by atoms with Crippen LogP contribution in [0.5, 0.6) is 0 Å². The van der Waals surface area contributed by atoms with E-state index in [-0.39, 0.29) is 11.9 Å². The lowest BCUT2D eigenvalue weighted by atomic mass is 9.88. The largest absolute Gasteiger partial charge is 0.381 e. The fourth-order valence-electron chi connectivity index (χ4n) is 2.34. The maximum Gasteiger partial charge on any atom is 0.221 e. The number of benzene rings is 1. The highest BCUT2D eigenvalue weighted by molar-refractivity contribution is 5.88. The van der Waals surface area contributed by atoms with Gasteiger partial charge in [0.25, 0.3) is 0 Å². The average Bonchev–Trinajstić information content (AvgIpc) is 2.39. The number of hydrogen-bond acceptors (Lipinski definition) is 3. The molecule has 1 aromatic carbocycles. The molecule has 1 fully saturated rings. The second-order valence-electron chi connectivity index (χ2n) is 4.78. The van der Waals surface area contributed by atoms with Crippen molar-refractivity contribution in [3.63, 3.8) is 0 Å². The predicted octanol–water partition coefficient (Wildman–Crippen LogP) is 2.07. The van der Waals surface area contributed by atoms with E-state index in [2.05, 4.69) is 5.32 Å². The quantitative estimate of drug-likeness (QED) is 0.860. The van der Waals surface area contributed by atoms with Gasteiger partial charge in [-0.3, -0.25) is 4.79 Å². The molecule has 0 bridgehead atoms. The zero-order valence-electron chi connectivity index (χ0n) is 10.7. The van der Waals surface area contributed by atoms with Gasteiger partial charge in [-0.05, 0) is 36.5 Å². The van der Waals surface area contributed by atoms with Gasteiger partial charge in [0.1, 0.15) is 0 Å². The molecule has 0 spiro atoms. The zero-order chi connectivity index (χ0) is 13.0. The molecule has 18 heavy (non-hydrogen) atoms. The molecule has 1 aromatic rings. The molecule has 0 saturated carbocycles. The Hall–Kier alpha value is -1.39. The molecule has 1 amide bonds. The standard InChI is InChI=1S/C14H20N2O2/c1-10(17)16-13-4-2-11(3-5-13)14(15)12-6-8-18-9-7-12/h2-5,12,14H,6-9,15H2,1H3,(H,16,17)/t14-/m1/s1. The Bertz CT molecular complexity index is 397. The summed E-state index contributed by atoms with van der Waals surface area (Å²) in [6, 6.07) is 7.84. The number of amides is 1. The Morgan fingerprint density at radius 1 is 1.33 bits per heavy atom. The summed E-state index contributed by atoms with van der Waals surface area (Å²) in [4.78, 5) is 10.9. The summed E-state index contributed by atoms with van der Waals surface area (Å²) in [5.74, 6) is 0.432. The molecule has 1 saturated heterocycles. The van der Waals surface area contributed by atoms with Crippen molar-refractivity contribution in [3.05, 3.63) is 29.8 Å². The lowest BCUT2D eigenvalue weighted by molar-refractivity contribution is -0.114. The second kappa shape index (κ2) is 5.98. The number of ether oxygens (including phenoxy) is 1. The summed E-state index contributed by atoms with van der Waals surface area (Å²) in [7, 11) is 0. The van der Waals surface area contributed by atoms with Crippen molar-refractivity contribution in [2.45, 2.75) is 25.8 Å². The van der Waals surface area contributed by atoms with Gasteiger partial charge < -0.3 is 15.8 Å². The van der Waals surface area contributed by atoms with Crippen molar-refractivity contribution in [2.75, 3.05) is 18.5 Å². The number of carbonyl (C=O) groups excluding carboxylic acids is 1. The first-order chi connectivity index (χ1) is 8.66.